The van der Waals surface area contributed by atoms with Gasteiger partial charge in [0.2, 0.25) is 5.91 Å². The molecule has 1 aromatic carbocycles. The summed E-state index contributed by atoms with van der Waals surface area (Å²) in [7, 11) is 0. The van der Waals surface area contributed by atoms with E-state index in [9.17, 15) is 9.59 Å². The highest BCUT2D eigenvalue weighted by atomic mass is 32.2. The normalized spacial score (nSPS) is 15.9. The predicted molar refractivity (Wildman–Crippen MR) is 136 cm³/mol. The van der Waals surface area contributed by atoms with E-state index < -0.39 is 0 Å². The number of aryl methyl sites for hydroxylation is 1. The Kier molecular flexibility index (Phi) is 7.05. The molecule has 2 amide bonds. The second-order valence-corrected chi connectivity index (χ2v) is 9.97. The molecule has 0 spiro atoms. The number of nitrogens with two attached hydrogens (primary N) is 1. The third-order valence-corrected chi connectivity index (χ3v) is 6.80. The molecule has 2 fully saturated rings. The van der Waals surface area contributed by atoms with Crippen molar-refractivity contribution in [3.05, 3.63) is 41.7 Å². The second-order valence-electron chi connectivity index (χ2n) is 8.93. The van der Waals surface area contributed by atoms with Gasteiger partial charge in [0.15, 0.2) is 22.5 Å². The van der Waals surface area contributed by atoms with Crippen molar-refractivity contribution < 1.29 is 14.3 Å². The van der Waals surface area contributed by atoms with E-state index in [4.69, 9.17) is 10.5 Å². The third-order valence-electron chi connectivity index (χ3n) is 5.93. The number of nitrogens with one attached hydrogen (secondary N) is 4. The van der Waals surface area contributed by atoms with Crippen LogP contribution in [0.4, 0.5) is 23.0 Å². The maximum absolute atomic E-state index is 13.1. The molecule has 0 radical (unpaired) electrons. The van der Waals surface area contributed by atoms with Crippen molar-refractivity contribution in [2.24, 2.45) is 5.92 Å². The minimum absolute atomic E-state index is 0.000474. The van der Waals surface area contributed by atoms with Crippen molar-refractivity contribution in [3.63, 3.8) is 0 Å². The molecule has 3 heterocycles. The molecule has 188 valence electrons. The number of H-pyrrole nitrogens is 1. The van der Waals surface area contributed by atoms with Crippen LogP contribution in [0.25, 0.3) is 0 Å². The van der Waals surface area contributed by atoms with Gasteiger partial charge >= 0.3 is 0 Å². The zero-order valence-electron chi connectivity index (χ0n) is 19.8. The molecule has 11 nitrogen and oxygen atoms in total. The number of hydrogen-bond donors (Lipinski definition) is 5. The van der Waals surface area contributed by atoms with Crippen LogP contribution in [0.2, 0.25) is 0 Å². The highest BCUT2D eigenvalue weighted by molar-refractivity contribution is 7.99. The number of anilines is 4. The van der Waals surface area contributed by atoms with Crippen LogP contribution < -0.4 is 21.7 Å². The molecule has 5 rings (SSSR count). The Morgan fingerprint density at radius 1 is 1.11 bits per heavy atom. The topological polar surface area (TPSA) is 160 Å². The summed E-state index contributed by atoms with van der Waals surface area (Å²) >= 11 is 1.29. The largest absolute Gasteiger partial charge is 0.394 e. The van der Waals surface area contributed by atoms with E-state index in [1.165, 1.54) is 11.8 Å². The molecule has 1 aliphatic heterocycles. The zero-order valence-corrected chi connectivity index (χ0v) is 20.7. The van der Waals surface area contributed by atoms with Crippen molar-refractivity contribution in [1.29, 1.82) is 0 Å². The van der Waals surface area contributed by atoms with Crippen LogP contribution in [-0.2, 0) is 9.53 Å². The van der Waals surface area contributed by atoms with Crippen LogP contribution in [0.15, 0.2) is 40.4 Å². The van der Waals surface area contributed by atoms with Crippen molar-refractivity contribution >= 4 is 46.6 Å². The number of aromatic amines is 1. The summed E-state index contributed by atoms with van der Waals surface area (Å²) in [5.74, 6) is 0.659. The number of rotatable bonds is 8. The molecule has 6 N–H and O–H groups in total. The summed E-state index contributed by atoms with van der Waals surface area (Å²) in [4.78, 5) is 35.0. The van der Waals surface area contributed by atoms with E-state index >= 15 is 0 Å². The summed E-state index contributed by atoms with van der Waals surface area (Å²) in [5.41, 5.74) is 8.19. The fraction of sp³-hybridized carbons (Fsp3) is 0.375. The van der Waals surface area contributed by atoms with Gasteiger partial charge in [-0.1, -0.05) is 0 Å². The van der Waals surface area contributed by atoms with Gasteiger partial charge in [0, 0.05) is 47.5 Å². The number of carbonyl (C=O) groups excluding carboxylic acids is 2. The highest BCUT2D eigenvalue weighted by Crippen LogP contribution is 2.33. The van der Waals surface area contributed by atoms with Crippen LogP contribution >= 0.6 is 11.8 Å². The lowest BCUT2D eigenvalue weighted by molar-refractivity contribution is -0.117. The Hall–Kier alpha value is -3.64. The SMILES string of the molecule is Cc1cc(Nc2nc(Sc3ccc(NC(=O)C4CC4)cc3)nc(C(=O)NC3CCOCC3)c2N)n[nH]1. The lowest BCUT2D eigenvalue weighted by Gasteiger charge is -2.23. The first-order chi connectivity index (χ1) is 17.4. The number of benzene rings is 1. The summed E-state index contributed by atoms with van der Waals surface area (Å²) in [6.45, 7) is 3.09. The van der Waals surface area contributed by atoms with E-state index in [1.807, 2.05) is 37.3 Å². The van der Waals surface area contributed by atoms with Crippen molar-refractivity contribution in [1.82, 2.24) is 25.5 Å². The number of hydrogen-bond acceptors (Lipinski definition) is 9. The second kappa shape index (κ2) is 10.5. The molecule has 3 aromatic rings. The van der Waals surface area contributed by atoms with Crippen molar-refractivity contribution in [3.8, 4) is 0 Å². The van der Waals surface area contributed by atoms with Crippen LogP contribution in [0.1, 0.15) is 41.9 Å². The molecule has 2 aliphatic rings. The molecule has 0 unspecified atom stereocenters. The van der Waals surface area contributed by atoms with Gasteiger partial charge in [-0.2, -0.15) is 5.10 Å². The van der Waals surface area contributed by atoms with Crippen LogP contribution in [0.5, 0.6) is 0 Å². The minimum Gasteiger partial charge on any atom is -0.394 e. The number of nitrogens with zero attached hydrogens (tertiary/aromatic N) is 3. The lowest BCUT2D eigenvalue weighted by Crippen LogP contribution is -2.39. The third kappa shape index (κ3) is 5.94. The molecule has 0 bridgehead atoms. The smallest absolute Gasteiger partial charge is 0.272 e. The van der Waals surface area contributed by atoms with Crippen LogP contribution in [-0.4, -0.2) is 51.2 Å². The Morgan fingerprint density at radius 3 is 2.53 bits per heavy atom. The number of ether oxygens (including phenoxy) is 1. The standard InChI is InChI=1S/C24H28N8O3S/c1-13-12-18(32-31-13)28-21-19(25)20(23(34)27-16-8-10-35-11-9-16)29-24(30-21)36-17-6-4-15(5-7-17)26-22(33)14-2-3-14/h4-7,12,14,16H,2-3,8-11,25H2,1H3,(H,26,33)(H,27,34)(H2,28,29,30,31,32). The van der Waals surface area contributed by atoms with E-state index in [2.05, 4.69) is 36.1 Å². The molecular formula is C24H28N8O3S. The molecule has 12 heteroatoms. The first-order valence-electron chi connectivity index (χ1n) is 11.9. The van der Waals surface area contributed by atoms with Crippen molar-refractivity contribution in [2.45, 2.75) is 48.7 Å². The van der Waals surface area contributed by atoms with Gasteiger partial charge in [-0.05, 0) is 68.6 Å². The van der Waals surface area contributed by atoms with E-state index in [-0.39, 0.29) is 35.2 Å². The van der Waals surface area contributed by atoms with Gasteiger partial charge < -0.3 is 26.4 Å². The van der Waals surface area contributed by atoms with Gasteiger partial charge in [-0.25, -0.2) is 9.97 Å². The summed E-state index contributed by atoms with van der Waals surface area (Å²) < 4.78 is 5.38. The van der Waals surface area contributed by atoms with E-state index in [0.717, 1.165) is 42.0 Å². The lowest BCUT2D eigenvalue weighted by atomic mass is 10.1. The quantitative estimate of drug-likeness (QED) is 0.288. The van der Waals surface area contributed by atoms with Crippen LogP contribution in [0.3, 0.4) is 0 Å². The summed E-state index contributed by atoms with van der Waals surface area (Å²) in [6.07, 6.45) is 3.37. The highest BCUT2D eigenvalue weighted by Gasteiger charge is 2.29. The predicted octanol–water partition coefficient (Wildman–Crippen LogP) is 3.24. The fourth-order valence-corrected chi connectivity index (χ4v) is 4.52. The van der Waals surface area contributed by atoms with Crippen LogP contribution in [0, 0.1) is 12.8 Å². The van der Waals surface area contributed by atoms with E-state index in [0.29, 0.717) is 30.0 Å². The molecule has 2 aromatic heterocycles. The minimum atomic E-state index is -0.358. The van der Waals surface area contributed by atoms with Crippen molar-refractivity contribution in [2.75, 3.05) is 29.6 Å². The fourth-order valence-electron chi connectivity index (χ4n) is 3.76. The Bertz CT molecular complexity index is 1250. The van der Waals surface area contributed by atoms with Gasteiger partial charge in [-0.15, -0.1) is 0 Å². The molecule has 1 aliphatic carbocycles. The maximum Gasteiger partial charge on any atom is 0.272 e. The molecular weight excluding hydrogens is 480 g/mol. The number of aromatic nitrogens is 4. The van der Waals surface area contributed by atoms with E-state index in [1.54, 1.807) is 0 Å². The first kappa shape index (κ1) is 24.1. The monoisotopic (exact) mass is 508 g/mol. The Labute approximate surface area is 212 Å². The maximum atomic E-state index is 13.1. The number of nitrogen functional groups attached to an aromatic ring is 1. The Balaban J connectivity index is 1.37. The molecule has 1 saturated carbocycles. The summed E-state index contributed by atoms with van der Waals surface area (Å²) in [5, 5.41) is 16.4. The van der Waals surface area contributed by atoms with Gasteiger partial charge in [0.25, 0.3) is 5.91 Å². The molecule has 1 saturated heterocycles. The van der Waals surface area contributed by atoms with Gasteiger partial charge in [0.05, 0.1) is 0 Å². The Morgan fingerprint density at radius 2 is 1.86 bits per heavy atom. The summed E-state index contributed by atoms with van der Waals surface area (Å²) in [6, 6.07) is 9.23. The zero-order chi connectivity index (χ0) is 25.1. The molecule has 36 heavy (non-hydrogen) atoms. The average molecular weight is 509 g/mol. The average Bonchev–Trinajstić information content (AvgIpc) is 3.65. The van der Waals surface area contributed by atoms with Gasteiger partial charge in [-0.3, -0.25) is 14.7 Å². The number of amides is 2. The molecule has 0 atom stereocenters. The number of carbonyl (C=O) groups is 2. The first-order valence-corrected chi connectivity index (χ1v) is 12.7. The van der Waals surface area contributed by atoms with Gasteiger partial charge in [0.1, 0.15) is 5.69 Å².